The highest BCUT2D eigenvalue weighted by molar-refractivity contribution is 6.05. The molecule has 1 N–H and O–H groups in total. The molecular weight excluding hydrogens is 397 g/mol. The second-order valence-electron chi connectivity index (χ2n) is 7.38. The average molecular weight is 419 g/mol. The van der Waals surface area contributed by atoms with Gasteiger partial charge < -0.3 is 0 Å². The van der Waals surface area contributed by atoms with Crippen LogP contribution in [0.3, 0.4) is 0 Å². The van der Waals surface area contributed by atoms with Crippen LogP contribution in [0.25, 0.3) is 5.78 Å². The molecule has 0 aliphatic rings. The normalized spacial score (nSPS) is 11.1. The Morgan fingerprint density at radius 2 is 1.68 bits per heavy atom. The maximum absolute atomic E-state index is 13.4. The fourth-order valence-electron chi connectivity index (χ4n) is 3.27. The largest absolute Gasteiger partial charge is 0.277 e. The number of aryl methyl sites for hydroxylation is 2. The van der Waals surface area contributed by atoms with E-state index in [-0.39, 0.29) is 29.7 Å². The molecule has 0 atom stereocenters. The van der Waals surface area contributed by atoms with Gasteiger partial charge in [0.05, 0.1) is 6.54 Å². The first-order chi connectivity index (χ1) is 14.9. The molecule has 2 aromatic carbocycles. The summed E-state index contributed by atoms with van der Waals surface area (Å²) in [6.07, 6.45) is 0.912. The van der Waals surface area contributed by atoms with E-state index in [2.05, 4.69) is 22.0 Å². The van der Waals surface area contributed by atoms with Gasteiger partial charge in [0.2, 0.25) is 5.95 Å². The molecule has 0 spiro atoms. The van der Waals surface area contributed by atoms with Crippen LogP contribution in [0.1, 0.15) is 39.7 Å². The summed E-state index contributed by atoms with van der Waals surface area (Å²) >= 11 is 0. The molecule has 0 aliphatic carbocycles. The molecule has 0 unspecified atom stereocenters. The fourth-order valence-corrected chi connectivity index (χ4v) is 3.27. The van der Waals surface area contributed by atoms with Crippen molar-refractivity contribution >= 4 is 17.6 Å². The highest BCUT2D eigenvalue weighted by Gasteiger charge is 2.23. The van der Waals surface area contributed by atoms with E-state index in [1.807, 2.05) is 24.3 Å². The Balaban J connectivity index is 1.80. The number of nitrogens with zero attached hydrogens (tertiary/aromatic N) is 4. The maximum atomic E-state index is 13.4. The van der Waals surface area contributed by atoms with E-state index >= 15 is 0 Å². The average Bonchev–Trinajstić information content (AvgIpc) is 3.20. The molecule has 0 fully saturated rings. The van der Waals surface area contributed by atoms with Gasteiger partial charge in [0.25, 0.3) is 17.2 Å². The summed E-state index contributed by atoms with van der Waals surface area (Å²) in [4.78, 5) is 36.1. The lowest BCUT2D eigenvalue weighted by Gasteiger charge is -2.20. The SMILES string of the molecule is CCc1ccc(CN(C(=O)c2ccc(F)cc2)c2nc3nc(C)c(C)c(=O)n3[nH]2)cc1. The number of hydrogen-bond donors (Lipinski definition) is 1. The van der Waals surface area contributed by atoms with Gasteiger partial charge in [-0.3, -0.25) is 19.6 Å². The molecule has 0 radical (unpaired) electrons. The van der Waals surface area contributed by atoms with E-state index in [0.29, 0.717) is 16.8 Å². The first-order valence-electron chi connectivity index (χ1n) is 9.98. The number of carbonyl (C=O) groups excluding carboxylic acids is 1. The minimum absolute atomic E-state index is 0.182. The number of aromatic amines is 1. The second-order valence-corrected chi connectivity index (χ2v) is 7.38. The van der Waals surface area contributed by atoms with Gasteiger partial charge >= 0.3 is 0 Å². The van der Waals surface area contributed by atoms with E-state index in [4.69, 9.17) is 0 Å². The van der Waals surface area contributed by atoms with Gasteiger partial charge in [-0.15, -0.1) is 0 Å². The lowest BCUT2D eigenvalue weighted by atomic mass is 10.1. The van der Waals surface area contributed by atoms with Gasteiger partial charge in [-0.25, -0.2) is 9.37 Å². The molecule has 0 saturated heterocycles. The third-order valence-corrected chi connectivity index (χ3v) is 5.32. The van der Waals surface area contributed by atoms with E-state index < -0.39 is 5.82 Å². The minimum Gasteiger partial charge on any atom is -0.272 e. The molecule has 2 aromatic heterocycles. The zero-order valence-corrected chi connectivity index (χ0v) is 17.5. The van der Waals surface area contributed by atoms with Crippen molar-refractivity contribution in [3.63, 3.8) is 0 Å². The highest BCUT2D eigenvalue weighted by Crippen LogP contribution is 2.18. The van der Waals surface area contributed by atoms with Crippen molar-refractivity contribution in [1.82, 2.24) is 19.6 Å². The summed E-state index contributed by atoms with van der Waals surface area (Å²) in [5.41, 5.74) is 3.18. The molecular formula is C23H22FN5O2. The first kappa shape index (κ1) is 20.5. The standard InChI is InChI=1S/C23H22FN5O2/c1-4-16-5-7-17(8-6-16)13-28(21(31)18-9-11-19(24)12-10-18)23-26-22-25-15(3)14(2)20(30)29(22)27-23/h5-12H,4,13H2,1-3H3,(H,25,26,27). The predicted molar refractivity (Wildman–Crippen MR) is 116 cm³/mol. The highest BCUT2D eigenvalue weighted by atomic mass is 19.1. The summed E-state index contributed by atoms with van der Waals surface area (Å²) in [5, 5.41) is 2.90. The third-order valence-electron chi connectivity index (χ3n) is 5.32. The van der Waals surface area contributed by atoms with Crippen LogP contribution in [0, 0.1) is 19.7 Å². The van der Waals surface area contributed by atoms with Gasteiger partial charge in [0.1, 0.15) is 5.82 Å². The van der Waals surface area contributed by atoms with Gasteiger partial charge in [-0.2, -0.15) is 9.50 Å². The van der Waals surface area contributed by atoms with Crippen molar-refractivity contribution in [3.8, 4) is 0 Å². The number of benzene rings is 2. The summed E-state index contributed by atoms with van der Waals surface area (Å²) in [7, 11) is 0. The molecule has 0 bridgehead atoms. The lowest BCUT2D eigenvalue weighted by Crippen LogP contribution is -2.31. The number of halogens is 1. The van der Waals surface area contributed by atoms with Gasteiger partial charge in [0.15, 0.2) is 0 Å². The minimum atomic E-state index is -0.427. The number of carbonyl (C=O) groups is 1. The first-order valence-corrected chi connectivity index (χ1v) is 9.98. The van der Waals surface area contributed by atoms with Gasteiger partial charge in [0, 0.05) is 16.8 Å². The molecule has 4 aromatic rings. The quantitative estimate of drug-likeness (QED) is 0.536. The van der Waals surface area contributed by atoms with Crippen LogP contribution in [0.4, 0.5) is 10.3 Å². The van der Waals surface area contributed by atoms with Crippen molar-refractivity contribution < 1.29 is 9.18 Å². The number of H-pyrrole nitrogens is 1. The molecule has 1 amide bonds. The Morgan fingerprint density at radius 1 is 1.03 bits per heavy atom. The number of aromatic nitrogens is 4. The Bertz CT molecular complexity index is 1310. The number of nitrogens with one attached hydrogen (secondary N) is 1. The molecule has 0 aliphatic heterocycles. The number of anilines is 1. The van der Waals surface area contributed by atoms with E-state index in [0.717, 1.165) is 12.0 Å². The Kier molecular flexibility index (Phi) is 5.37. The number of fused-ring (bicyclic) bond motifs is 1. The van der Waals surface area contributed by atoms with Crippen LogP contribution in [-0.2, 0) is 13.0 Å². The summed E-state index contributed by atoms with van der Waals surface area (Å²) in [5.74, 6) is -0.436. The van der Waals surface area contributed by atoms with Gasteiger partial charge in [-0.1, -0.05) is 31.2 Å². The predicted octanol–water partition coefficient (Wildman–Crippen LogP) is 3.58. The number of amides is 1. The number of rotatable bonds is 5. The van der Waals surface area contributed by atoms with E-state index in [9.17, 15) is 14.0 Å². The molecule has 158 valence electrons. The van der Waals surface area contributed by atoms with Crippen molar-refractivity contribution in [2.24, 2.45) is 0 Å². The maximum Gasteiger partial charge on any atom is 0.277 e. The lowest BCUT2D eigenvalue weighted by molar-refractivity contribution is 0.0983. The zero-order valence-electron chi connectivity index (χ0n) is 17.5. The van der Waals surface area contributed by atoms with E-state index in [1.54, 1.807) is 13.8 Å². The van der Waals surface area contributed by atoms with Crippen LogP contribution in [0.5, 0.6) is 0 Å². The van der Waals surface area contributed by atoms with Crippen LogP contribution in [0.2, 0.25) is 0 Å². The van der Waals surface area contributed by atoms with E-state index in [1.165, 1.54) is 39.2 Å². The molecule has 0 saturated carbocycles. The zero-order chi connectivity index (χ0) is 22.1. The van der Waals surface area contributed by atoms with Crippen molar-refractivity contribution in [2.75, 3.05) is 4.90 Å². The van der Waals surface area contributed by atoms with Gasteiger partial charge in [-0.05, 0) is 55.7 Å². The number of hydrogen-bond acceptors (Lipinski definition) is 4. The summed E-state index contributed by atoms with van der Waals surface area (Å²) in [6.45, 7) is 5.71. The van der Waals surface area contributed by atoms with Crippen LogP contribution < -0.4 is 10.5 Å². The Morgan fingerprint density at radius 3 is 2.32 bits per heavy atom. The van der Waals surface area contributed by atoms with Crippen LogP contribution >= 0.6 is 0 Å². The Hall–Kier alpha value is -3.81. The van der Waals surface area contributed by atoms with Crippen molar-refractivity contribution in [2.45, 2.75) is 33.7 Å². The van der Waals surface area contributed by atoms with Crippen molar-refractivity contribution in [3.05, 3.63) is 92.6 Å². The monoisotopic (exact) mass is 419 g/mol. The molecule has 8 heteroatoms. The fraction of sp³-hybridized carbons (Fsp3) is 0.217. The van der Waals surface area contributed by atoms with Crippen LogP contribution in [-0.4, -0.2) is 25.5 Å². The summed E-state index contributed by atoms with van der Waals surface area (Å²) < 4.78 is 14.6. The molecule has 2 heterocycles. The Labute approximate surface area is 178 Å². The van der Waals surface area contributed by atoms with Crippen LogP contribution in [0.15, 0.2) is 53.3 Å². The third kappa shape index (κ3) is 3.96. The molecule has 4 rings (SSSR count). The second kappa shape index (κ2) is 8.14. The summed E-state index contributed by atoms with van der Waals surface area (Å²) in [6, 6.07) is 13.2. The molecule has 31 heavy (non-hydrogen) atoms. The van der Waals surface area contributed by atoms with Crippen molar-refractivity contribution in [1.29, 1.82) is 0 Å². The topological polar surface area (TPSA) is 83.4 Å². The molecule has 7 nitrogen and oxygen atoms in total. The smallest absolute Gasteiger partial charge is 0.272 e.